The van der Waals surface area contributed by atoms with E-state index in [1.807, 2.05) is 24.4 Å². The Bertz CT molecular complexity index is 676. The van der Waals surface area contributed by atoms with Gasteiger partial charge in [0.05, 0.1) is 19.8 Å². The van der Waals surface area contributed by atoms with Gasteiger partial charge in [-0.3, -0.25) is 14.4 Å². The van der Waals surface area contributed by atoms with Crippen molar-refractivity contribution < 1.29 is 9.53 Å². The Labute approximate surface area is 147 Å². The van der Waals surface area contributed by atoms with Gasteiger partial charge in [-0.2, -0.15) is 5.10 Å². The molecule has 2 aromatic heterocycles. The molecule has 0 spiro atoms. The zero-order chi connectivity index (χ0) is 17.5. The van der Waals surface area contributed by atoms with Gasteiger partial charge in [0.15, 0.2) is 0 Å². The number of nitrogens with zero attached hydrogens (tertiary/aromatic N) is 4. The summed E-state index contributed by atoms with van der Waals surface area (Å²) < 4.78 is 7.36. The number of nitrogens with one attached hydrogen (secondary N) is 1. The van der Waals surface area contributed by atoms with Gasteiger partial charge in [0.2, 0.25) is 5.91 Å². The molecule has 0 aliphatic carbocycles. The highest BCUT2D eigenvalue weighted by Crippen LogP contribution is 2.17. The van der Waals surface area contributed by atoms with E-state index >= 15 is 0 Å². The zero-order valence-corrected chi connectivity index (χ0v) is 14.2. The number of amides is 1. The summed E-state index contributed by atoms with van der Waals surface area (Å²) >= 11 is 0. The number of hydrogen-bond acceptors (Lipinski definition) is 6. The number of nitrogen functional groups attached to an aromatic ring is 1. The minimum Gasteiger partial charge on any atom is -0.383 e. The highest BCUT2D eigenvalue weighted by molar-refractivity contribution is 5.76. The first-order chi connectivity index (χ1) is 12.2. The number of morpholine rings is 1. The lowest BCUT2D eigenvalue weighted by molar-refractivity contribution is -0.124. The van der Waals surface area contributed by atoms with Gasteiger partial charge < -0.3 is 15.8 Å². The molecule has 1 atom stereocenters. The van der Waals surface area contributed by atoms with Crippen LogP contribution in [-0.2, 0) is 22.6 Å². The van der Waals surface area contributed by atoms with Crippen LogP contribution in [-0.4, -0.2) is 57.9 Å². The van der Waals surface area contributed by atoms with Crippen molar-refractivity contribution in [3.05, 3.63) is 42.4 Å². The fourth-order valence-electron chi connectivity index (χ4n) is 2.92. The summed E-state index contributed by atoms with van der Waals surface area (Å²) in [5.41, 5.74) is 6.92. The molecule has 0 unspecified atom stereocenters. The van der Waals surface area contributed by atoms with Crippen LogP contribution in [0, 0.1) is 0 Å². The predicted molar refractivity (Wildman–Crippen MR) is 93.5 cm³/mol. The van der Waals surface area contributed by atoms with Crippen LogP contribution in [0.15, 0.2) is 36.8 Å². The number of aromatic nitrogens is 3. The van der Waals surface area contributed by atoms with Gasteiger partial charge in [-0.15, -0.1) is 0 Å². The Morgan fingerprint density at radius 1 is 1.40 bits per heavy atom. The molecule has 0 aromatic carbocycles. The molecule has 134 valence electrons. The summed E-state index contributed by atoms with van der Waals surface area (Å²) in [6.07, 6.45) is 5.69. The quantitative estimate of drug-likeness (QED) is 0.748. The number of hydrogen-bond donors (Lipinski definition) is 2. The highest BCUT2D eigenvalue weighted by Gasteiger charge is 2.25. The summed E-state index contributed by atoms with van der Waals surface area (Å²) in [6.45, 7) is 3.89. The van der Waals surface area contributed by atoms with Crippen LogP contribution in [0.2, 0.25) is 0 Å². The van der Waals surface area contributed by atoms with Gasteiger partial charge >= 0.3 is 0 Å². The summed E-state index contributed by atoms with van der Waals surface area (Å²) in [5, 5.41) is 7.06. The number of ether oxygens (including phenoxy) is 1. The molecular formula is C17H24N6O2. The molecule has 8 heteroatoms. The largest absolute Gasteiger partial charge is 0.383 e. The fraction of sp³-hybridized carbons (Fsp3) is 0.471. The summed E-state index contributed by atoms with van der Waals surface area (Å²) in [4.78, 5) is 18.6. The predicted octanol–water partition coefficient (Wildman–Crippen LogP) is 0.268. The molecule has 1 fully saturated rings. The van der Waals surface area contributed by atoms with E-state index in [2.05, 4.69) is 20.3 Å². The summed E-state index contributed by atoms with van der Waals surface area (Å²) in [5.74, 6) is 0.559. The molecule has 1 aliphatic heterocycles. The smallest absolute Gasteiger partial charge is 0.221 e. The van der Waals surface area contributed by atoms with E-state index in [0.29, 0.717) is 45.1 Å². The van der Waals surface area contributed by atoms with Crippen molar-refractivity contribution in [2.45, 2.75) is 25.6 Å². The van der Waals surface area contributed by atoms with Crippen molar-refractivity contribution in [2.75, 3.05) is 32.0 Å². The lowest BCUT2D eigenvalue weighted by Gasteiger charge is -2.35. The Kier molecular flexibility index (Phi) is 5.97. The van der Waals surface area contributed by atoms with Crippen LogP contribution in [0.25, 0.3) is 0 Å². The van der Waals surface area contributed by atoms with Gasteiger partial charge in [0, 0.05) is 56.3 Å². The number of carbonyl (C=O) groups excluding carboxylic acids is 1. The first kappa shape index (κ1) is 17.4. The van der Waals surface area contributed by atoms with E-state index in [9.17, 15) is 4.79 Å². The third-order valence-electron chi connectivity index (χ3n) is 4.29. The van der Waals surface area contributed by atoms with Crippen LogP contribution in [0.5, 0.6) is 0 Å². The van der Waals surface area contributed by atoms with Crippen molar-refractivity contribution >= 4 is 11.7 Å². The normalized spacial score (nSPS) is 18.2. The molecule has 3 N–H and O–H groups in total. The first-order valence-corrected chi connectivity index (χ1v) is 8.47. The topological polar surface area (TPSA) is 98.3 Å². The molecule has 0 bridgehead atoms. The standard InChI is InChI=1S/C17H24N6O2/c18-17-14(3-1-4-20-17)12-22-9-10-25-13-15(22)11-16(24)19-6-8-23-7-2-5-21-23/h1-5,7,15H,6,8-13H2,(H2,18,20)(H,19,24)/t15-/m0/s1. The van der Waals surface area contributed by atoms with Gasteiger partial charge in [0.25, 0.3) is 0 Å². The Morgan fingerprint density at radius 3 is 3.12 bits per heavy atom. The highest BCUT2D eigenvalue weighted by atomic mass is 16.5. The van der Waals surface area contributed by atoms with E-state index in [4.69, 9.17) is 10.5 Å². The lowest BCUT2D eigenvalue weighted by Crippen LogP contribution is -2.47. The molecule has 1 aliphatic rings. The molecule has 2 aromatic rings. The summed E-state index contributed by atoms with van der Waals surface area (Å²) in [7, 11) is 0. The maximum Gasteiger partial charge on any atom is 0.221 e. The lowest BCUT2D eigenvalue weighted by atomic mass is 10.1. The van der Waals surface area contributed by atoms with E-state index in [1.165, 1.54) is 0 Å². The third kappa shape index (κ3) is 5.01. The maximum atomic E-state index is 12.2. The van der Waals surface area contributed by atoms with Crippen molar-refractivity contribution in [1.29, 1.82) is 0 Å². The van der Waals surface area contributed by atoms with Crippen LogP contribution < -0.4 is 11.1 Å². The Morgan fingerprint density at radius 2 is 2.32 bits per heavy atom. The monoisotopic (exact) mass is 344 g/mol. The van der Waals surface area contributed by atoms with Gasteiger partial charge in [-0.25, -0.2) is 4.98 Å². The van der Waals surface area contributed by atoms with Crippen molar-refractivity contribution in [2.24, 2.45) is 0 Å². The van der Waals surface area contributed by atoms with Crippen molar-refractivity contribution in [3.8, 4) is 0 Å². The average molecular weight is 344 g/mol. The molecule has 0 radical (unpaired) electrons. The number of carbonyl (C=O) groups is 1. The molecule has 25 heavy (non-hydrogen) atoms. The Balaban J connectivity index is 1.50. The van der Waals surface area contributed by atoms with E-state index in [1.54, 1.807) is 17.1 Å². The molecular weight excluding hydrogens is 320 g/mol. The number of anilines is 1. The molecule has 3 heterocycles. The fourth-order valence-corrected chi connectivity index (χ4v) is 2.92. The van der Waals surface area contributed by atoms with Gasteiger partial charge in [0.1, 0.15) is 5.82 Å². The van der Waals surface area contributed by atoms with Crippen molar-refractivity contribution in [3.63, 3.8) is 0 Å². The second-order valence-electron chi connectivity index (χ2n) is 6.07. The molecule has 1 amide bonds. The minimum atomic E-state index is 0.0202. The van der Waals surface area contributed by atoms with Crippen LogP contribution in [0.1, 0.15) is 12.0 Å². The van der Waals surface area contributed by atoms with Crippen molar-refractivity contribution in [1.82, 2.24) is 25.0 Å². The van der Waals surface area contributed by atoms with Gasteiger partial charge in [-0.1, -0.05) is 6.07 Å². The number of rotatable bonds is 7. The molecule has 0 saturated carbocycles. The van der Waals surface area contributed by atoms with Crippen LogP contribution >= 0.6 is 0 Å². The number of pyridine rings is 1. The van der Waals surface area contributed by atoms with Crippen LogP contribution in [0.3, 0.4) is 0 Å². The molecule has 1 saturated heterocycles. The van der Waals surface area contributed by atoms with Crippen LogP contribution in [0.4, 0.5) is 5.82 Å². The SMILES string of the molecule is Nc1ncccc1CN1CCOC[C@@H]1CC(=O)NCCn1cccn1. The summed E-state index contributed by atoms with van der Waals surface area (Å²) in [6, 6.07) is 5.75. The van der Waals surface area contributed by atoms with E-state index in [-0.39, 0.29) is 11.9 Å². The Hall–Kier alpha value is -2.45. The molecule has 3 rings (SSSR count). The third-order valence-corrected chi connectivity index (χ3v) is 4.29. The second kappa shape index (κ2) is 8.59. The maximum absolute atomic E-state index is 12.2. The first-order valence-electron chi connectivity index (χ1n) is 8.47. The zero-order valence-electron chi connectivity index (χ0n) is 14.2. The molecule has 8 nitrogen and oxygen atoms in total. The van der Waals surface area contributed by atoms with Gasteiger partial charge in [-0.05, 0) is 12.1 Å². The minimum absolute atomic E-state index is 0.0202. The van der Waals surface area contributed by atoms with E-state index in [0.717, 1.165) is 12.1 Å². The van der Waals surface area contributed by atoms with E-state index < -0.39 is 0 Å². The average Bonchev–Trinajstić information content (AvgIpc) is 3.12. The second-order valence-corrected chi connectivity index (χ2v) is 6.07. The number of nitrogens with two attached hydrogens (primary N) is 1.